The molecule has 5 nitrogen and oxygen atoms in total. The predicted molar refractivity (Wildman–Crippen MR) is 93.6 cm³/mol. The lowest BCUT2D eigenvalue weighted by Gasteiger charge is -2.22. The summed E-state index contributed by atoms with van der Waals surface area (Å²) in [5.74, 6) is -0.0825. The van der Waals surface area contributed by atoms with E-state index in [9.17, 15) is 9.90 Å². The van der Waals surface area contributed by atoms with E-state index in [1.165, 1.54) is 11.3 Å². The van der Waals surface area contributed by atoms with E-state index in [1.807, 2.05) is 41.7 Å². The maximum absolute atomic E-state index is 11.4. The lowest BCUT2D eigenvalue weighted by Crippen LogP contribution is -2.27. The third-order valence-electron chi connectivity index (χ3n) is 3.44. The summed E-state index contributed by atoms with van der Waals surface area (Å²) in [5.41, 5.74) is 2.37. The number of carboxylic acids is 1. The van der Waals surface area contributed by atoms with Crippen LogP contribution in [0.5, 0.6) is 0 Å². The molecule has 0 atom stereocenters. The highest BCUT2D eigenvalue weighted by molar-refractivity contribution is 7.19. The van der Waals surface area contributed by atoms with Gasteiger partial charge in [0, 0.05) is 16.8 Å². The van der Waals surface area contributed by atoms with Gasteiger partial charge in [-0.25, -0.2) is 9.78 Å². The average molecular weight is 329 g/mol. The van der Waals surface area contributed by atoms with Crippen molar-refractivity contribution in [3.63, 3.8) is 0 Å². The van der Waals surface area contributed by atoms with Crippen LogP contribution in [0.4, 0.5) is 5.82 Å². The highest BCUT2D eigenvalue weighted by atomic mass is 32.1. The van der Waals surface area contributed by atoms with Gasteiger partial charge in [0.25, 0.3) is 0 Å². The lowest BCUT2D eigenvalue weighted by molar-refractivity contribution is 0.0701. The van der Waals surface area contributed by atoms with Gasteiger partial charge in [0.05, 0.1) is 0 Å². The SMILES string of the molecule is Cc1c(C(=O)O)sc2nc(-c3ccccc3)c(NC(C)(C)C)n12. The van der Waals surface area contributed by atoms with Crippen molar-refractivity contribution in [2.45, 2.75) is 33.2 Å². The Bertz CT molecular complexity index is 873. The summed E-state index contributed by atoms with van der Waals surface area (Å²) in [5, 5.41) is 12.8. The zero-order valence-electron chi connectivity index (χ0n) is 13.5. The van der Waals surface area contributed by atoms with Gasteiger partial charge >= 0.3 is 5.97 Å². The number of aryl methyl sites for hydroxylation is 1. The zero-order chi connectivity index (χ0) is 16.8. The number of imidazole rings is 1. The van der Waals surface area contributed by atoms with Crippen LogP contribution in [0.25, 0.3) is 16.2 Å². The minimum absolute atomic E-state index is 0.169. The van der Waals surface area contributed by atoms with Crippen molar-refractivity contribution >= 4 is 28.1 Å². The van der Waals surface area contributed by atoms with Crippen LogP contribution >= 0.6 is 11.3 Å². The van der Waals surface area contributed by atoms with Crippen molar-refractivity contribution in [1.29, 1.82) is 0 Å². The molecule has 0 aliphatic rings. The molecule has 0 saturated carbocycles. The number of aromatic carboxylic acids is 1. The lowest BCUT2D eigenvalue weighted by atomic mass is 10.1. The number of nitrogens with one attached hydrogen (secondary N) is 1. The van der Waals surface area contributed by atoms with E-state index in [-0.39, 0.29) is 5.54 Å². The van der Waals surface area contributed by atoms with Crippen LogP contribution in [0.3, 0.4) is 0 Å². The number of nitrogens with zero attached hydrogens (tertiary/aromatic N) is 2. The maximum Gasteiger partial charge on any atom is 0.347 e. The van der Waals surface area contributed by atoms with E-state index in [0.29, 0.717) is 15.5 Å². The van der Waals surface area contributed by atoms with Crippen LogP contribution in [-0.4, -0.2) is 26.0 Å². The highest BCUT2D eigenvalue weighted by Gasteiger charge is 2.24. The number of fused-ring (bicyclic) bond motifs is 1. The summed E-state index contributed by atoms with van der Waals surface area (Å²) >= 11 is 1.20. The number of benzene rings is 1. The number of anilines is 1. The smallest absolute Gasteiger partial charge is 0.347 e. The molecule has 3 aromatic rings. The van der Waals surface area contributed by atoms with Gasteiger partial charge in [-0.05, 0) is 27.7 Å². The third-order valence-corrected chi connectivity index (χ3v) is 4.57. The van der Waals surface area contributed by atoms with Crippen molar-refractivity contribution < 1.29 is 9.90 Å². The molecule has 2 aromatic heterocycles. The number of aromatic nitrogens is 2. The Labute approximate surface area is 138 Å². The van der Waals surface area contributed by atoms with Crippen LogP contribution in [0.1, 0.15) is 36.1 Å². The molecule has 0 fully saturated rings. The Kier molecular flexibility index (Phi) is 3.64. The summed E-state index contributed by atoms with van der Waals surface area (Å²) in [6.45, 7) is 8.03. The molecule has 0 unspecified atom stereocenters. The van der Waals surface area contributed by atoms with Crippen LogP contribution in [-0.2, 0) is 0 Å². The van der Waals surface area contributed by atoms with Crippen molar-refractivity contribution in [1.82, 2.24) is 9.38 Å². The first-order chi connectivity index (χ1) is 10.8. The van der Waals surface area contributed by atoms with Crippen molar-refractivity contribution in [2.24, 2.45) is 0 Å². The summed E-state index contributed by atoms with van der Waals surface area (Å²) in [6.07, 6.45) is 0. The van der Waals surface area contributed by atoms with E-state index >= 15 is 0 Å². The molecular weight excluding hydrogens is 310 g/mol. The minimum atomic E-state index is -0.916. The first-order valence-corrected chi connectivity index (χ1v) is 8.18. The van der Waals surface area contributed by atoms with Gasteiger partial charge in [-0.1, -0.05) is 41.7 Å². The fraction of sp³-hybridized carbons (Fsp3) is 0.294. The average Bonchev–Trinajstić information content (AvgIpc) is 2.97. The normalized spacial score (nSPS) is 11.8. The van der Waals surface area contributed by atoms with Crippen molar-refractivity contribution in [2.75, 3.05) is 5.32 Å². The summed E-state index contributed by atoms with van der Waals surface area (Å²) in [7, 11) is 0. The fourth-order valence-electron chi connectivity index (χ4n) is 2.51. The van der Waals surface area contributed by atoms with Crippen LogP contribution in [0.2, 0.25) is 0 Å². The van der Waals surface area contributed by atoms with Gasteiger partial charge in [0.2, 0.25) is 0 Å². The minimum Gasteiger partial charge on any atom is -0.477 e. The van der Waals surface area contributed by atoms with E-state index in [1.54, 1.807) is 0 Å². The van der Waals surface area contributed by atoms with Crippen LogP contribution < -0.4 is 5.32 Å². The molecule has 120 valence electrons. The molecule has 0 radical (unpaired) electrons. The fourth-order valence-corrected chi connectivity index (χ4v) is 3.48. The summed E-state index contributed by atoms with van der Waals surface area (Å²) in [6, 6.07) is 9.92. The predicted octanol–water partition coefficient (Wildman–Crippen LogP) is 4.28. The zero-order valence-corrected chi connectivity index (χ0v) is 14.4. The Morgan fingerprint density at radius 3 is 2.48 bits per heavy atom. The number of hydrogen-bond donors (Lipinski definition) is 2. The van der Waals surface area contributed by atoms with Crippen molar-refractivity contribution in [3.8, 4) is 11.3 Å². The van der Waals surface area contributed by atoms with Crippen LogP contribution in [0, 0.1) is 6.92 Å². The van der Waals surface area contributed by atoms with Gasteiger partial charge in [0.15, 0.2) is 4.96 Å². The van der Waals surface area contributed by atoms with Crippen molar-refractivity contribution in [3.05, 3.63) is 40.9 Å². The standard InChI is InChI=1S/C17H19N3O2S/c1-10-13(15(21)22)23-16-18-12(11-8-6-5-7-9-11)14(20(10)16)19-17(2,3)4/h5-9,19H,1-4H3,(H,21,22). The number of rotatable bonds is 3. The second-order valence-electron chi connectivity index (χ2n) is 6.49. The summed E-state index contributed by atoms with van der Waals surface area (Å²) < 4.78 is 1.90. The Morgan fingerprint density at radius 2 is 1.91 bits per heavy atom. The van der Waals surface area contributed by atoms with E-state index < -0.39 is 5.97 Å². The topological polar surface area (TPSA) is 66.6 Å². The van der Waals surface area contributed by atoms with Gasteiger partial charge < -0.3 is 10.4 Å². The second-order valence-corrected chi connectivity index (χ2v) is 7.47. The molecule has 6 heteroatoms. The molecule has 3 rings (SSSR count). The molecule has 0 aliphatic carbocycles. The van der Waals surface area contributed by atoms with Gasteiger partial charge in [-0.2, -0.15) is 0 Å². The molecule has 2 heterocycles. The van der Waals surface area contributed by atoms with E-state index in [0.717, 1.165) is 17.1 Å². The quantitative estimate of drug-likeness (QED) is 0.752. The van der Waals surface area contributed by atoms with E-state index in [4.69, 9.17) is 0 Å². The van der Waals surface area contributed by atoms with Crippen LogP contribution in [0.15, 0.2) is 30.3 Å². The van der Waals surface area contributed by atoms with Gasteiger partial charge in [-0.15, -0.1) is 0 Å². The molecule has 0 amide bonds. The summed E-state index contributed by atoms with van der Waals surface area (Å²) in [4.78, 5) is 17.1. The first-order valence-electron chi connectivity index (χ1n) is 7.36. The molecular formula is C17H19N3O2S. The molecule has 0 aliphatic heterocycles. The van der Waals surface area contributed by atoms with E-state index in [2.05, 4.69) is 31.1 Å². The maximum atomic E-state index is 11.4. The Hall–Kier alpha value is -2.34. The Morgan fingerprint density at radius 1 is 1.26 bits per heavy atom. The number of carbonyl (C=O) groups is 1. The highest BCUT2D eigenvalue weighted by Crippen LogP contribution is 2.35. The molecule has 0 bridgehead atoms. The first kappa shape index (κ1) is 15.6. The number of thiazole rings is 1. The molecule has 0 spiro atoms. The third kappa shape index (κ3) is 2.82. The Balaban J connectivity index is 2.29. The monoisotopic (exact) mass is 329 g/mol. The largest absolute Gasteiger partial charge is 0.477 e. The molecule has 0 saturated heterocycles. The number of hydrogen-bond acceptors (Lipinski definition) is 4. The molecule has 23 heavy (non-hydrogen) atoms. The number of carboxylic acid groups (broad SMARTS) is 1. The molecule has 1 aromatic carbocycles. The van der Waals surface area contributed by atoms with Gasteiger partial charge in [0.1, 0.15) is 16.4 Å². The molecule has 2 N–H and O–H groups in total. The van der Waals surface area contributed by atoms with Gasteiger partial charge in [-0.3, -0.25) is 4.40 Å². The second kappa shape index (κ2) is 5.38.